The molecule has 2 amide bonds. The van der Waals surface area contributed by atoms with Gasteiger partial charge in [0.2, 0.25) is 5.91 Å². The fourth-order valence-corrected chi connectivity index (χ4v) is 18.1. The zero-order valence-electron chi connectivity index (χ0n) is 83.7. The molecule has 0 bridgehead atoms. The number of nitrogens with two attached hydrogens (primary N) is 2. The van der Waals surface area contributed by atoms with Crippen LogP contribution in [-0.2, 0) is 62.2 Å². The van der Waals surface area contributed by atoms with E-state index >= 15 is 0 Å². The number of hydrogen-bond donors (Lipinski definition) is 7. The van der Waals surface area contributed by atoms with Gasteiger partial charge in [0.1, 0.15) is 29.8 Å². The van der Waals surface area contributed by atoms with Gasteiger partial charge in [-0.3, -0.25) is 57.7 Å². The van der Waals surface area contributed by atoms with Gasteiger partial charge in [0.15, 0.2) is 52.0 Å². The number of hydrogen-bond acceptors (Lipinski definition) is 21. The first-order chi connectivity index (χ1) is 60.1. The lowest BCUT2D eigenvalue weighted by molar-refractivity contribution is -0.155. The molecule has 23 heteroatoms. The Morgan fingerprint density at radius 2 is 0.823 bits per heavy atom. The van der Waals surface area contributed by atoms with Crippen molar-refractivity contribution in [1.82, 2.24) is 20.9 Å². The number of aliphatic imine (C=N–C) groups is 1. The Balaban J connectivity index is 0.000000572. The van der Waals surface area contributed by atoms with Gasteiger partial charge in [-0.25, -0.2) is 4.79 Å². The Morgan fingerprint density at radius 1 is 0.477 bits per heavy atom. The molecule has 0 saturated heterocycles. The second kappa shape index (κ2) is 53.4. The highest BCUT2D eigenvalue weighted by Crippen LogP contribution is 2.46. The Hall–Kier alpha value is -8.51. The van der Waals surface area contributed by atoms with Crippen LogP contribution >= 0.6 is 0 Å². The van der Waals surface area contributed by atoms with E-state index in [1.54, 1.807) is 25.7 Å². The molecule has 6 aliphatic rings. The van der Waals surface area contributed by atoms with E-state index in [1.165, 1.54) is 0 Å². The lowest BCUT2D eigenvalue weighted by Gasteiger charge is -2.31. The molecular weight excluding hydrogens is 1640 g/mol. The molecule has 0 radical (unpaired) electrons. The molecule has 2 aromatic rings. The molecule has 0 heterocycles. The van der Waals surface area contributed by atoms with Crippen LogP contribution in [0.4, 0.5) is 4.79 Å². The molecule has 728 valence electrons. The van der Waals surface area contributed by atoms with Gasteiger partial charge in [-0.15, -0.1) is 0 Å². The Bertz CT molecular complexity index is 4210. The van der Waals surface area contributed by atoms with Gasteiger partial charge in [0, 0.05) is 128 Å². The second-order valence-corrected chi connectivity index (χ2v) is 43.2. The number of ether oxygens (including phenoxy) is 2. The minimum absolute atomic E-state index is 0. The fraction of sp³-hybridized carbons (Fsp3) is 0.673. The van der Waals surface area contributed by atoms with E-state index in [2.05, 4.69) is 43.6 Å². The molecule has 1 unspecified atom stereocenters. The van der Waals surface area contributed by atoms with Crippen LogP contribution in [0.5, 0.6) is 0 Å². The minimum atomic E-state index is -1.20. The molecule has 0 aliphatic heterocycles. The molecule has 0 spiro atoms. The van der Waals surface area contributed by atoms with Crippen molar-refractivity contribution in [2.45, 2.75) is 346 Å². The number of benzene rings is 2. The summed E-state index contributed by atoms with van der Waals surface area (Å²) in [5.74, 6) is -0.725. The van der Waals surface area contributed by atoms with Gasteiger partial charge in [-0.2, -0.15) is 0 Å². The predicted octanol–water partition coefficient (Wildman–Crippen LogP) is 20.3. The van der Waals surface area contributed by atoms with Crippen molar-refractivity contribution in [2.24, 2.45) is 73.1 Å². The van der Waals surface area contributed by atoms with Gasteiger partial charge in [-0.1, -0.05) is 225 Å². The van der Waals surface area contributed by atoms with Crippen molar-refractivity contribution in [2.75, 3.05) is 65.5 Å². The van der Waals surface area contributed by atoms with Gasteiger partial charge < -0.3 is 52.0 Å². The maximum Gasteiger partial charge on any atom is 0.407 e. The molecule has 1 atom stereocenters. The van der Waals surface area contributed by atoms with Crippen LogP contribution in [0.25, 0.3) is 11.1 Å². The lowest BCUT2D eigenvalue weighted by Crippen LogP contribution is -2.50. The van der Waals surface area contributed by atoms with Crippen molar-refractivity contribution < 1.29 is 77.2 Å². The van der Waals surface area contributed by atoms with Crippen molar-refractivity contribution in [3.05, 3.63) is 116 Å². The SMILES string of the molecule is C.CC.CC(C)CC(=NCCN(CCCC(CC(C)C)=C1C(=O)CC(C)(C)CC1=O)C(=O)C(CCC(=O)OC(C)(C)C)NC(=O)OCC1c2ccccc2-c2ccccc21)C1=C(O)CC(C)(C)CC1=O.CC(C)CC(CCCNCCCC(CC(C)C)=C1C(=O)CC(C)(C)CC1=O)=C1C(=O)CC(C)(C)CC1=O.CC(C)CC(O)=C1C(=O)CC(C)(C)CC1=O.NCCNCCN. The summed E-state index contributed by atoms with van der Waals surface area (Å²) in [6.07, 6.45) is 9.63. The number of aliphatic hydroxyl groups excluding tert-OH is 2. The number of amides is 2. The monoisotopic (exact) mass is 1810 g/mol. The van der Waals surface area contributed by atoms with Crippen molar-refractivity contribution in [1.29, 1.82) is 0 Å². The summed E-state index contributed by atoms with van der Waals surface area (Å²) in [6, 6.07) is 14.8. The Kier molecular flexibility index (Phi) is 47.5. The quantitative estimate of drug-likeness (QED) is 0.00825. The van der Waals surface area contributed by atoms with E-state index in [1.807, 2.05) is 173 Å². The number of carbonyl (C=O) groups excluding carboxylic acids is 12. The molecule has 8 rings (SSSR count). The van der Waals surface area contributed by atoms with Crippen LogP contribution in [0.2, 0.25) is 0 Å². The summed E-state index contributed by atoms with van der Waals surface area (Å²) >= 11 is 0. The van der Waals surface area contributed by atoms with E-state index in [0.29, 0.717) is 119 Å². The molecule has 0 aromatic heterocycles. The standard InChI is InChI=1S/C55H75N3O9.C32H51NO4.C13H20O3.C4H13N3.C2H6.CH4/c1-34(2)27-36(49-44(59)29-54(8,9)30-45(49)60)17-16-25-58(26-24-56-43(28-35(3)4)50-46(61)31-55(10,11)32-47(50)62)51(64)42(22-23-48(63)67-53(5,6)7)57-52(65)66-33-41-39-20-14-12-18-37(39)38-19-13-15-21-40(38)41;1-21(2)15-23(29-25(34)17-31(5,6)18-26(29)35)11-9-13-33-14-10-12-24(16-22(3)4)30-27(36)19-32(7,8)20-28(30)37;1-8(2)5-9(14)12-10(15)6-13(3,4)7-11(12)16;5-1-3-7-4-2-6;1-2;/h12-15,18-21,34-35,41-42,61H,16-17,22-33H2,1-11H3,(H,57,65);21-22,33H,9-20H2,1-8H3;8,14H,5-7H2,1-4H3;7H,1-6H2;1-2H3;1H4. The number of rotatable bonds is 37. The summed E-state index contributed by atoms with van der Waals surface area (Å²) in [6.45, 7) is 54.4. The molecule has 9 N–H and O–H groups in total. The number of nitrogens with zero attached hydrogens (tertiary/aromatic N) is 2. The largest absolute Gasteiger partial charge is 0.511 e. The van der Waals surface area contributed by atoms with E-state index < -0.39 is 40.4 Å². The molecule has 2 aromatic carbocycles. The number of nitrogens with one attached hydrogen (secondary N) is 3. The second-order valence-electron chi connectivity index (χ2n) is 43.2. The van der Waals surface area contributed by atoms with Gasteiger partial charge in [0.05, 0.1) is 34.4 Å². The van der Waals surface area contributed by atoms with E-state index in [9.17, 15) is 67.7 Å². The van der Waals surface area contributed by atoms with Gasteiger partial charge in [0.25, 0.3) is 0 Å². The van der Waals surface area contributed by atoms with Gasteiger partial charge >= 0.3 is 12.1 Å². The molecule has 4 saturated carbocycles. The Labute approximate surface area is 780 Å². The van der Waals surface area contributed by atoms with Crippen LogP contribution in [0, 0.1) is 56.7 Å². The van der Waals surface area contributed by atoms with Gasteiger partial charge in [-0.05, 0) is 183 Å². The first-order valence-electron chi connectivity index (χ1n) is 47.9. The van der Waals surface area contributed by atoms with Crippen molar-refractivity contribution in [3.63, 3.8) is 0 Å². The van der Waals surface area contributed by atoms with E-state index in [0.717, 1.165) is 104 Å². The summed E-state index contributed by atoms with van der Waals surface area (Å²) in [4.78, 5) is 164. The average molecular weight is 1810 g/mol. The number of aliphatic hydroxyl groups is 2. The van der Waals surface area contributed by atoms with Crippen LogP contribution < -0.4 is 27.4 Å². The zero-order chi connectivity index (χ0) is 97.4. The molecule has 23 nitrogen and oxygen atoms in total. The molecular formula is C107H169N7O16. The molecule has 130 heavy (non-hydrogen) atoms. The third-order valence-corrected chi connectivity index (χ3v) is 23.2. The van der Waals surface area contributed by atoms with Crippen molar-refractivity contribution >= 4 is 75.7 Å². The maximum atomic E-state index is 15.0. The Morgan fingerprint density at radius 3 is 1.18 bits per heavy atom. The van der Waals surface area contributed by atoms with E-state index in [4.69, 9.17) is 25.9 Å². The number of Topliss-reactive ketones (excluding diaryl/α,β-unsaturated/α-hetero) is 9. The number of alkyl carbamates (subject to hydrolysis) is 1. The van der Waals surface area contributed by atoms with Crippen LogP contribution in [0.1, 0.15) is 345 Å². The zero-order valence-corrected chi connectivity index (χ0v) is 83.7. The van der Waals surface area contributed by atoms with Crippen LogP contribution in [0.15, 0.2) is 110 Å². The highest BCUT2D eigenvalue weighted by molar-refractivity contribution is 6.25. The number of esters is 1. The normalized spacial score (nSPS) is 17.8. The first kappa shape index (κ1) is 116. The number of ketones is 9. The third kappa shape index (κ3) is 38.6. The summed E-state index contributed by atoms with van der Waals surface area (Å²) < 4.78 is 11.5. The van der Waals surface area contributed by atoms with Crippen molar-refractivity contribution in [3.8, 4) is 11.1 Å². The van der Waals surface area contributed by atoms with E-state index in [-0.39, 0.29) is 186 Å². The predicted molar refractivity (Wildman–Crippen MR) is 523 cm³/mol. The number of carbonyl (C=O) groups is 12. The molecule has 4 fully saturated rings. The summed E-state index contributed by atoms with van der Waals surface area (Å²) in [5.41, 5.74) is 17.1. The first-order valence-corrected chi connectivity index (χ1v) is 47.9. The minimum Gasteiger partial charge on any atom is -0.511 e. The number of allylic oxidation sites excluding steroid dienone is 10. The third-order valence-electron chi connectivity index (χ3n) is 23.2. The van der Waals surface area contributed by atoms with Crippen LogP contribution in [-0.4, -0.2) is 168 Å². The summed E-state index contributed by atoms with van der Waals surface area (Å²) in [5, 5.41) is 30.3. The number of fused-ring (bicyclic) bond motifs is 3. The fourth-order valence-electron chi connectivity index (χ4n) is 18.1. The average Bonchev–Trinajstić information content (AvgIpc) is 1.62. The summed E-state index contributed by atoms with van der Waals surface area (Å²) in [7, 11) is 0. The lowest BCUT2D eigenvalue weighted by atomic mass is 9.72. The highest BCUT2D eigenvalue weighted by atomic mass is 16.6. The maximum absolute atomic E-state index is 15.0. The smallest absolute Gasteiger partial charge is 0.407 e. The molecule has 6 aliphatic carbocycles. The highest BCUT2D eigenvalue weighted by Gasteiger charge is 2.43. The topological polar surface area (TPSA) is 367 Å². The van der Waals surface area contributed by atoms with Crippen LogP contribution in [0.3, 0.4) is 0 Å².